The molecule has 0 saturated carbocycles. The summed E-state index contributed by atoms with van der Waals surface area (Å²) in [5.74, 6) is -2.35. The lowest BCUT2D eigenvalue weighted by molar-refractivity contribution is 0.0127. The molecule has 53 heavy (non-hydrogen) atoms. The van der Waals surface area contributed by atoms with Crippen molar-refractivity contribution in [2.75, 3.05) is 26.4 Å². The van der Waals surface area contributed by atoms with E-state index in [1.807, 2.05) is 60.7 Å². The van der Waals surface area contributed by atoms with Crippen LogP contribution in [0.4, 0.5) is 0 Å². The molecule has 6 aromatic rings. The van der Waals surface area contributed by atoms with E-state index < -0.39 is 35.6 Å². The highest BCUT2D eigenvalue weighted by atomic mass is 16.6. The second-order valence-corrected chi connectivity index (χ2v) is 12.2. The summed E-state index contributed by atoms with van der Waals surface area (Å²) in [7, 11) is 0. The molecule has 2 unspecified atom stereocenters. The Morgan fingerprint density at radius 1 is 0.491 bits per heavy atom. The number of fused-ring (bicyclic) bond motifs is 2. The van der Waals surface area contributed by atoms with E-state index in [0.29, 0.717) is 17.9 Å². The molecule has 0 saturated heterocycles. The molecule has 6 N–H and O–H groups in total. The lowest BCUT2D eigenvalue weighted by Crippen LogP contribution is -2.25. The predicted octanol–water partition coefficient (Wildman–Crippen LogP) is 5.60. The minimum absolute atomic E-state index is 0.00195. The average Bonchev–Trinajstić information content (AvgIpc) is 3.17. The number of benzene rings is 6. The highest BCUT2D eigenvalue weighted by molar-refractivity contribution is 5.92. The third kappa shape index (κ3) is 8.70. The number of phenolic OH excluding ortho intramolecular Hbond substituents is 4. The van der Waals surface area contributed by atoms with Crippen LogP contribution in [0.3, 0.4) is 0 Å². The fraction of sp³-hybridized carbons (Fsp3) is 0.171. The van der Waals surface area contributed by atoms with Crippen LogP contribution in [0.15, 0.2) is 109 Å². The van der Waals surface area contributed by atoms with Crippen LogP contribution >= 0.6 is 0 Å². The van der Waals surface area contributed by atoms with Crippen molar-refractivity contribution >= 4 is 33.5 Å². The summed E-state index contributed by atoms with van der Waals surface area (Å²) < 4.78 is 22.7. The Morgan fingerprint density at radius 3 is 1.32 bits per heavy atom. The van der Waals surface area contributed by atoms with Gasteiger partial charge in [-0.05, 0) is 70.1 Å². The van der Waals surface area contributed by atoms with E-state index in [2.05, 4.69) is 0 Å². The smallest absolute Gasteiger partial charge is 0.338 e. The molecule has 6 aromatic carbocycles. The fourth-order valence-corrected chi connectivity index (χ4v) is 5.72. The van der Waals surface area contributed by atoms with Gasteiger partial charge in [-0.2, -0.15) is 0 Å². The molecule has 0 radical (unpaired) electrons. The van der Waals surface area contributed by atoms with Gasteiger partial charge in [0.25, 0.3) is 0 Å². The van der Waals surface area contributed by atoms with E-state index in [4.69, 9.17) is 18.9 Å². The summed E-state index contributed by atoms with van der Waals surface area (Å²) in [6, 6.07) is 29.9. The van der Waals surface area contributed by atoms with E-state index in [1.165, 1.54) is 12.1 Å². The molecule has 12 nitrogen and oxygen atoms in total. The highest BCUT2D eigenvalue weighted by Crippen LogP contribution is 2.36. The van der Waals surface area contributed by atoms with Crippen molar-refractivity contribution < 1.29 is 59.2 Å². The third-order valence-electron chi connectivity index (χ3n) is 8.45. The Morgan fingerprint density at radius 2 is 0.906 bits per heavy atom. The summed E-state index contributed by atoms with van der Waals surface area (Å²) in [6.45, 7) is -1.21. The van der Waals surface area contributed by atoms with Crippen LogP contribution in [-0.2, 0) is 15.9 Å². The number of esters is 2. The van der Waals surface area contributed by atoms with Gasteiger partial charge in [-0.1, -0.05) is 60.7 Å². The van der Waals surface area contributed by atoms with Crippen molar-refractivity contribution in [1.82, 2.24) is 0 Å². The van der Waals surface area contributed by atoms with Crippen LogP contribution < -0.4 is 9.47 Å². The first-order valence-corrected chi connectivity index (χ1v) is 16.6. The molecule has 272 valence electrons. The molecule has 0 aliphatic rings. The highest BCUT2D eigenvalue weighted by Gasteiger charge is 2.20. The number of aliphatic hydroxyl groups excluding tert-OH is 2. The van der Waals surface area contributed by atoms with Gasteiger partial charge in [-0.3, -0.25) is 0 Å². The maximum atomic E-state index is 12.4. The van der Waals surface area contributed by atoms with Crippen LogP contribution in [0.1, 0.15) is 31.8 Å². The zero-order valence-corrected chi connectivity index (χ0v) is 28.2. The zero-order valence-electron chi connectivity index (χ0n) is 28.2. The number of phenols is 4. The number of carbonyl (C=O) groups is 2. The number of carbonyl (C=O) groups excluding carboxylic acids is 2. The summed E-state index contributed by atoms with van der Waals surface area (Å²) in [5, 5.41) is 63.4. The minimum Gasteiger partial charge on any atom is -0.504 e. The molecule has 0 bridgehead atoms. The van der Waals surface area contributed by atoms with Crippen LogP contribution in [0.25, 0.3) is 21.5 Å². The largest absolute Gasteiger partial charge is 0.504 e. The van der Waals surface area contributed by atoms with Gasteiger partial charge >= 0.3 is 11.9 Å². The van der Waals surface area contributed by atoms with Crippen molar-refractivity contribution in [3.05, 3.63) is 131 Å². The monoisotopic (exact) mass is 720 g/mol. The van der Waals surface area contributed by atoms with Gasteiger partial charge in [0.1, 0.15) is 50.1 Å². The topological polar surface area (TPSA) is 192 Å². The molecule has 0 heterocycles. The first-order valence-electron chi connectivity index (χ1n) is 16.6. The number of rotatable bonds is 14. The van der Waals surface area contributed by atoms with Crippen LogP contribution in [0, 0.1) is 0 Å². The van der Waals surface area contributed by atoms with E-state index in [1.54, 1.807) is 12.1 Å². The fourth-order valence-electron chi connectivity index (χ4n) is 5.72. The standard InChI is InChI=1S/C41H36O12/c42-28(22-52-40(48)26-9-13-34(44)36(46)17-26)20-50-38-15-11-24-5-1-3-7-30(24)32(38)19-33-31-8-4-2-6-25(31)12-16-39(33)51-21-29(43)23-53-41(49)27-10-14-35(45)37(47)18-27/h1-18,28-29,42-47H,19-23H2. The predicted molar refractivity (Wildman–Crippen MR) is 194 cm³/mol. The number of aliphatic hydroxyl groups is 2. The van der Waals surface area contributed by atoms with Gasteiger partial charge in [-0.15, -0.1) is 0 Å². The van der Waals surface area contributed by atoms with Gasteiger partial charge in [0.05, 0.1) is 11.1 Å². The van der Waals surface area contributed by atoms with Crippen molar-refractivity contribution in [1.29, 1.82) is 0 Å². The molecule has 2 atom stereocenters. The first kappa shape index (κ1) is 36.3. The summed E-state index contributed by atoms with van der Waals surface area (Å²) in [6.07, 6.45) is -2.08. The Hall–Kier alpha value is -6.50. The van der Waals surface area contributed by atoms with Crippen LogP contribution in [0.2, 0.25) is 0 Å². The lowest BCUT2D eigenvalue weighted by atomic mass is 9.93. The molecular formula is C41H36O12. The molecule has 12 heteroatoms. The summed E-state index contributed by atoms with van der Waals surface area (Å²) >= 11 is 0. The maximum absolute atomic E-state index is 12.4. The maximum Gasteiger partial charge on any atom is 0.338 e. The molecule has 0 aromatic heterocycles. The summed E-state index contributed by atoms with van der Waals surface area (Å²) in [5.41, 5.74) is 1.59. The second-order valence-electron chi connectivity index (χ2n) is 12.2. The molecule has 0 spiro atoms. The van der Waals surface area contributed by atoms with Crippen molar-refractivity contribution in [3.63, 3.8) is 0 Å². The summed E-state index contributed by atoms with van der Waals surface area (Å²) in [4.78, 5) is 24.9. The van der Waals surface area contributed by atoms with Gasteiger partial charge in [-0.25, -0.2) is 9.59 Å². The zero-order chi connectivity index (χ0) is 37.5. The molecule has 0 aliphatic carbocycles. The van der Waals surface area contributed by atoms with Gasteiger partial charge < -0.3 is 49.6 Å². The van der Waals surface area contributed by atoms with Crippen LogP contribution in [-0.4, -0.2) is 81.2 Å². The van der Waals surface area contributed by atoms with Crippen molar-refractivity contribution in [2.24, 2.45) is 0 Å². The van der Waals surface area contributed by atoms with Gasteiger partial charge in [0.15, 0.2) is 23.0 Å². The van der Waals surface area contributed by atoms with E-state index in [-0.39, 0.29) is 49.1 Å². The first-order chi connectivity index (χ1) is 25.6. The lowest BCUT2D eigenvalue weighted by Gasteiger charge is -2.20. The van der Waals surface area contributed by atoms with Gasteiger partial charge in [0.2, 0.25) is 0 Å². The van der Waals surface area contributed by atoms with E-state index >= 15 is 0 Å². The number of ether oxygens (including phenoxy) is 4. The second kappa shape index (κ2) is 16.2. The van der Waals surface area contributed by atoms with Crippen molar-refractivity contribution in [2.45, 2.75) is 18.6 Å². The third-order valence-corrected chi connectivity index (χ3v) is 8.45. The number of hydrogen-bond donors (Lipinski definition) is 6. The number of hydrogen-bond acceptors (Lipinski definition) is 12. The molecule has 0 amide bonds. The Balaban J connectivity index is 1.18. The van der Waals surface area contributed by atoms with E-state index in [0.717, 1.165) is 56.9 Å². The SMILES string of the molecule is O=C(OCC(O)COc1ccc2ccccc2c1Cc1c(OCC(O)COC(=O)c2ccc(O)c(O)c2)ccc2ccccc12)c1ccc(O)c(O)c1. The normalized spacial score (nSPS) is 12.3. The Bertz CT molecular complexity index is 2110. The Kier molecular flexibility index (Phi) is 11.1. The van der Waals surface area contributed by atoms with Crippen molar-refractivity contribution in [3.8, 4) is 34.5 Å². The molecule has 0 fully saturated rings. The van der Waals surface area contributed by atoms with E-state index in [9.17, 15) is 40.2 Å². The van der Waals surface area contributed by atoms with Gasteiger partial charge in [0, 0.05) is 17.5 Å². The molecule has 0 aliphatic heterocycles. The van der Waals surface area contributed by atoms with Crippen LogP contribution in [0.5, 0.6) is 34.5 Å². The molecule has 6 rings (SSSR count). The number of aromatic hydroxyl groups is 4. The quantitative estimate of drug-likeness (QED) is 0.0604. The Labute approximate surface area is 303 Å². The minimum atomic E-state index is -1.20. The molecular weight excluding hydrogens is 684 g/mol. The average molecular weight is 721 g/mol.